The van der Waals surface area contributed by atoms with Gasteiger partial charge in [-0.3, -0.25) is 14.8 Å². The van der Waals surface area contributed by atoms with Crippen LogP contribution in [-0.4, -0.2) is 14.7 Å². The van der Waals surface area contributed by atoms with Gasteiger partial charge in [-0.1, -0.05) is 0 Å². The fourth-order valence-corrected chi connectivity index (χ4v) is 1.52. The number of nitro groups is 1. The number of hydrogen-bond acceptors (Lipinski definition) is 4. The predicted molar refractivity (Wildman–Crippen MR) is 63.6 cm³/mol. The molecule has 0 radical (unpaired) electrons. The third-order valence-electron chi connectivity index (χ3n) is 2.55. The highest BCUT2D eigenvalue weighted by atomic mass is 19.1. The Labute approximate surface area is 102 Å². The molecule has 0 bridgehead atoms. The van der Waals surface area contributed by atoms with Crippen LogP contribution in [0.15, 0.2) is 30.5 Å². The minimum Gasteiger partial charge on any atom is -0.377 e. The molecule has 0 aliphatic heterocycles. The second-order valence-electron chi connectivity index (χ2n) is 3.72. The molecule has 0 saturated carbocycles. The lowest BCUT2D eigenvalue weighted by Crippen LogP contribution is -2.06. The normalized spacial score (nSPS) is 10.3. The summed E-state index contributed by atoms with van der Waals surface area (Å²) in [6.07, 6.45) is 1.64. The van der Waals surface area contributed by atoms with Crippen LogP contribution >= 0.6 is 0 Å². The minimum absolute atomic E-state index is 0.224. The Balaban J connectivity index is 2.11. The number of nitrogens with zero attached hydrogens (tertiary/aromatic N) is 3. The lowest BCUT2D eigenvalue weighted by molar-refractivity contribution is -0.385. The first kappa shape index (κ1) is 12.0. The molecule has 1 aromatic heterocycles. The smallest absolute Gasteiger partial charge is 0.272 e. The van der Waals surface area contributed by atoms with Crippen LogP contribution in [0.1, 0.15) is 5.69 Å². The summed E-state index contributed by atoms with van der Waals surface area (Å²) < 4.78 is 15.2. The van der Waals surface area contributed by atoms with Crippen molar-refractivity contribution in [2.75, 3.05) is 5.32 Å². The number of halogens is 1. The van der Waals surface area contributed by atoms with Crippen LogP contribution in [0, 0.1) is 15.9 Å². The Bertz CT molecular complexity index is 582. The monoisotopic (exact) mass is 250 g/mol. The minimum atomic E-state index is -0.647. The van der Waals surface area contributed by atoms with E-state index < -0.39 is 10.7 Å². The predicted octanol–water partition coefficient (Wildman–Crippen LogP) is 2.08. The molecule has 0 unspecified atom stereocenters. The molecule has 94 valence electrons. The molecule has 1 aromatic carbocycles. The largest absolute Gasteiger partial charge is 0.377 e. The first-order chi connectivity index (χ1) is 8.58. The zero-order valence-electron chi connectivity index (χ0n) is 9.63. The lowest BCUT2D eigenvalue weighted by atomic mass is 10.2. The topological polar surface area (TPSA) is 73.0 Å². The molecule has 0 spiro atoms. The number of benzene rings is 1. The first-order valence-corrected chi connectivity index (χ1v) is 5.22. The molecule has 0 aliphatic carbocycles. The summed E-state index contributed by atoms with van der Waals surface area (Å²) in [5.74, 6) is -0.647. The van der Waals surface area contributed by atoms with Gasteiger partial charge in [-0.25, -0.2) is 4.39 Å². The van der Waals surface area contributed by atoms with Crippen molar-refractivity contribution >= 4 is 11.4 Å². The Morgan fingerprint density at radius 2 is 2.28 bits per heavy atom. The van der Waals surface area contributed by atoms with E-state index >= 15 is 0 Å². The Morgan fingerprint density at radius 3 is 2.83 bits per heavy atom. The van der Waals surface area contributed by atoms with Gasteiger partial charge in [0.2, 0.25) is 0 Å². The zero-order valence-corrected chi connectivity index (χ0v) is 9.63. The van der Waals surface area contributed by atoms with E-state index in [0.29, 0.717) is 6.54 Å². The molecule has 18 heavy (non-hydrogen) atoms. The van der Waals surface area contributed by atoms with E-state index in [1.54, 1.807) is 24.0 Å². The van der Waals surface area contributed by atoms with E-state index in [1.165, 1.54) is 12.1 Å². The van der Waals surface area contributed by atoms with Crippen molar-refractivity contribution in [3.63, 3.8) is 0 Å². The fourth-order valence-electron chi connectivity index (χ4n) is 1.52. The van der Waals surface area contributed by atoms with Crippen LogP contribution in [0.3, 0.4) is 0 Å². The standard InChI is InChI=1S/C11H11FN4O2/c1-15-9(4-5-14-15)7-13-11-3-2-8(16(17)18)6-10(11)12/h2-6,13H,7H2,1H3. The molecule has 1 heterocycles. The average Bonchev–Trinajstić information content (AvgIpc) is 2.73. The molecule has 0 atom stereocenters. The Hall–Kier alpha value is -2.44. The molecule has 1 N–H and O–H groups in total. The quantitative estimate of drug-likeness (QED) is 0.666. The highest BCUT2D eigenvalue weighted by molar-refractivity contribution is 5.50. The van der Waals surface area contributed by atoms with Gasteiger partial charge in [-0.15, -0.1) is 0 Å². The van der Waals surface area contributed by atoms with Gasteiger partial charge in [0.1, 0.15) is 0 Å². The highest BCUT2D eigenvalue weighted by Gasteiger charge is 2.10. The summed E-state index contributed by atoms with van der Waals surface area (Å²) >= 11 is 0. The third kappa shape index (κ3) is 2.45. The Kier molecular flexibility index (Phi) is 3.22. The first-order valence-electron chi connectivity index (χ1n) is 5.22. The molecule has 2 rings (SSSR count). The number of anilines is 1. The van der Waals surface area contributed by atoms with Crippen LogP contribution in [0.25, 0.3) is 0 Å². The van der Waals surface area contributed by atoms with Crippen molar-refractivity contribution in [3.05, 3.63) is 52.1 Å². The van der Waals surface area contributed by atoms with Crippen molar-refractivity contribution in [2.24, 2.45) is 7.05 Å². The van der Waals surface area contributed by atoms with Gasteiger partial charge in [0.05, 0.1) is 28.9 Å². The van der Waals surface area contributed by atoms with Crippen molar-refractivity contribution in [1.82, 2.24) is 9.78 Å². The summed E-state index contributed by atoms with van der Waals surface area (Å²) in [5.41, 5.74) is 0.841. The average molecular weight is 250 g/mol. The van der Waals surface area contributed by atoms with Gasteiger partial charge in [-0.2, -0.15) is 5.10 Å². The van der Waals surface area contributed by atoms with Crippen LogP contribution in [0.2, 0.25) is 0 Å². The molecule has 0 amide bonds. The maximum atomic E-state index is 13.6. The molecular formula is C11H11FN4O2. The molecule has 7 heteroatoms. The van der Waals surface area contributed by atoms with Gasteiger partial charge >= 0.3 is 0 Å². The molecule has 0 aliphatic rings. The third-order valence-corrected chi connectivity index (χ3v) is 2.55. The highest BCUT2D eigenvalue weighted by Crippen LogP contribution is 2.20. The maximum absolute atomic E-state index is 13.6. The van der Waals surface area contributed by atoms with E-state index in [9.17, 15) is 14.5 Å². The molecular weight excluding hydrogens is 239 g/mol. The van der Waals surface area contributed by atoms with E-state index in [2.05, 4.69) is 10.4 Å². The summed E-state index contributed by atoms with van der Waals surface area (Å²) in [5, 5.41) is 17.3. The lowest BCUT2D eigenvalue weighted by Gasteiger charge is -2.07. The van der Waals surface area contributed by atoms with Crippen LogP contribution in [0.5, 0.6) is 0 Å². The van der Waals surface area contributed by atoms with Crippen molar-refractivity contribution in [1.29, 1.82) is 0 Å². The number of nitrogens with one attached hydrogen (secondary N) is 1. The number of aryl methyl sites for hydroxylation is 1. The summed E-state index contributed by atoms with van der Waals surface area (Å²) in [6, 6.07) is 5.31. The molecule has 2 aromatic rings. The van der Waals surface area contributed by atoms with Crippen LogP contribution < -0.4 is 5.32 Å². The van der Waals surface area contributed by atoms with Crippen molar-refractivity contribution < 1.29 is 9.31 Å². The summed E-state index contributed by atoms with van der Waals surface area (Å²) in [6.45, 7) is 0.394. The van der Waals surface area contributed by atoms with Gasteiger partial charge in [0.15, 0.2) is 5.82 Å². The van der Waals surface area contributed by atoms with E-state index in [-0.39, 0.29) is 11.4 Å². The summed E-state index contributed by atoms with van der Waals surface area (Å²) in [7, 11) is 1.78. The van der Waals surface area contributed by atoms with Crippen LogP contribution in [-0.2, 0) is 13.6 Å². The molecule has 6 nitrogen and oxygen atoms in total. The van der Waals surface area contributed by atoms with E-state index in [4.69, 9.17) is 0 Å². The second kappa shape index (κ2) is 4.82. The SMILES string of the molecule is Cn1nccc1CNc1ccc([N+](=O)[O-])cc1F. The second-order valence-corrected chi connectivity index (χ2v) is 3.72. The number of aromatic nitrogens is 2. The van der Waals surface area contributed by atoms with Crippen molar-refractivity contribution in [2.45, 2.75) is 6.54 Å². The molecule has 0 fully saturated rings. The number of nitro benzene ring substituents is 1. The number of hydrogen-bond donors (Lipinski definition) is 1. The number of rotatable bonds is 4. The van der Waals surface area contributed by atoms with Crippen molar-refractivity contribution in [3.8, 4) is 0 Å². The molecule has 0 saturated heterocycles. The zero-order chi connectivity index (χ0) is 13.1. The summed E-state index contributed by atoms with van der Waals surface area (Å²) in [4.78, 5) is 9.83. The number of non-ortho nitro benzene ring substituents is 1. The Morgan fingerprint density at radius 1 is 1.50 bits per heavy atom. The van der Waals surface area contributed by atoms with Gasteiger partial charge in [0.25, 0.3) is 5.69 Å². The fraction of sp³-hybridized carbons (Fsp3) is 0.182. The maximum Gasteiger partial charge on any atom is 0.272 e. The van der Waals surface area contributed by atoms with Crippen LogP contribution in [0.4, 0.5) is 15.8 Å². The van der Waals surface area contributed by atoms with E-state index in [1.807, 2.05) is 0 Å². The van der Waals surface area contributed by atoms with Gasteiger partial charge < -0.3 is 5.32 Å². The van der Waals surface area contributed by atoms with E-state index in [0.717, 1.165) is 11.8 Å². The van der Waals surface area contributed by atoms with Gasteiger partial charge in [0, 0.05) is 19.3 Å². The van der Waals surface area contributed by atoms with Gasteiger partial charge in [-0.05, 0) is 12.1 Å².